The number of esters is 1. The first-order chi connectivity index (χ1) is 14.3. The van der Waals surface area contributed by atoms with E-state index in [0.717, 1.165) is 23.5 Å². The molecule has 0 aliphatic carbocycles. The first-order valence-corrected chi connectivity index (χ1v) is 9.93. The van der Waals surface area contributed by atoms with E-state index in [2.05, 4.69) is 10.3 Å². The Morgan fingerprint density at radius 3 is 2.73 bits per heavy atom. The predicted octanol–water partition coefficient (Wildman–Crippen LogP) is 5.33. The number of hydrogen-bond donors (Lipinski definition) is 1. The first-order valence-electron chi connectivity index (χ1n) is 8.68. The van der Waals surface area contributed by atoms with Crippen molar-refractivity contribution < 1.29 is 23.1 Å². The first kappa shape index (κ1) is 21.6. The van der Waals surface area contributed by atoms with Gasteiger partial charge in [0.25, 0.3) is 5.91 Å². The van der Waals surface area contributed by atoms with Gasteiger partial charge in [0, 0.05) is 22.0 Å². The summed E-state index contributed by atoms with van der Waals surface area (Å²) in [5.74, 6) is -3.22. The minimum atomic E-state index is -1.07. The van der Waals surface area contributed by atoms with E-state index in [9.17, 15) is 18.4 Å². The molecule has 9 heteroatoms. The van der Waals surface area contributed by atoms with Crippen LogP contribution in [0.25, 0.3) is 17.3 Å². The van der Waals surface area contributed by atoms with Crippen LogP contribution in [0, 0.1) is 11.6 Å². The molecule has 0 fully saturated rings. The number of nitrogens with zero attached hydrogens (tertiary/aromatic N) is 1. The largest absolute Gasteiger partial charge is 0.449 e. The summed E-state index contributed by atoms with van der Waals surface area (Å²) in [4.78, 5) is 28.3. The van der Waals surface area contributed by atoms with E-state index in [4.69, 9.17) is 16.3 Å². The SMILES string of the molecule is C[C@@H](OC(=O)/C=C/c1cccc(Cl)c1)C(=O)Nc1nc(-c2ccc(F)c(F)c2)cs1. The third-order valence-electron chi connectivity index (χ3n) is 3.87. The molecule has 0 saturated carbocycles. The minimum Gasteiger partial charge on any atom is -0.449 e. The Kier molecular flexibility index (Phi) is 6.91. The van der Waals surface area contributed by atoms with E-state index in [-0.39, 0.29) is 5.13 Å². The number of amides is 1. The Labute approximate surface area is 180 Å². The van der Waals surface area contributed by atoms with E-state index in [1.165, 1.54) is 25.1 Å². The summed E-state index contributed by atoms with van der Waals surface area (Å²) in [6, 6.07) is 10.3. The summed E-state index contributed by atoms with van der Waals surface area (Å²) >= 11 is 6.98. The quantitative estimate of drug-likeness (QED) is 0.409. The lowest BCUT2D eigenvalue weighted by atomic mass is 10.2. The van der Waals surface area contributed by atoms with Gasteiger partial charge in [-0.3, -0.25) is 10.1 Å². The molecule has 154 valence electrons. The molecule has 1 amide bonds. The Bertz CT molecular complexity index is 1120. The molecule has 0 radical (unpaired) electrons. The number of nitrogens with one attached hydrogen (secondary N) is 1. The number of anilines is 1. The van der Waals surface area contributed by atoms with Gasteiger partial charge in [0.2, 0.25) is 0 Å². The van der Waals surface area contributed by atoms with Crippen LogP contribution in [-0.4, -0.2) is 23.0 Å². The number of aromatic nitrogens is 1. The van der Waals surface area contributed by atoms with Gasteiger partial charge in [-0.05, 0) is 48.9 Å². The van der Waals surface area contributed by atoms with Crippen molar-refractivity contribution in [2.24, 2.45) is 0 Å². The Balaban J connectivity index is 1.57. The molecule has 0 bridgehead atoms. The average Bonchev–Trinajstić information content (AvgIpc) is 3.17. The average molecular weight is 449 g/mol. The van der Waals surface area contributed by atoms with Crippen LogP contribution < -0.4 is 5.32 Å². The van der Waals surface area contributed by atoms with Crippen LogP contribution in [0.5, 0.6) is 0 Å². The highest BCUT2D eigenvalue weighted by Gasteiger charge is 2.18. The summed E-state index contributed by atoms with van der Waals surface area (Å²) < 4.78 is 31.5. The maximum Gasteiger partial charge on any atom is 0.331 e. The zero-order chi connectivity index (χ0) is 21.7. The van der Waals surface area contributed by atoms with Crippen molar-refractivity contribution >= 4 is 46.0 Å². The van der Waals surface area contributed by atoms with Crippen LogP contribution in [0.3, 0.4) is 0 Å². The number of carbonyl (C=O) groups excluding carboxylic acids is 2. The van der Waals surface area contributed by atoms with Gasteiger partial charge in [0.15, 0.2) is 22.9 Å². The second kappa shape index (κ2) is 9.60. The highest BCUT2D eigenvalue weighted by atomic mass is 35.5. The van der Waals surface area contributed by atoms with E-state index >= 15 is 0 Å². The molecule has 1 atom stereocenters. The molecule has 0 aliphatic heterocycles. The zero-order valence-electron chi connectivity index (χ0n) is 15.6. The molecule has 30 heavy (non-hydrogen) atoms. The lowest BCUT2D eigenvalue weighted by Gasteiger charge is -2.10. The molecule has 5 nitrogen and oxygen atoms in total. The maximum absolute atomic E-state index is 13.4. The highest BCUT2D eigenvalue weighted by molar-refractivity contribution is 7.14. The Hall–Kier alpha value is -3.10. The number of benzene rings is 2. The standard InChI is InChI=1S/C21H15ClF2N2O3S/c1-12(29-19(27)8-5-13-3-2-4-15(22)9-13)20(28)26-21-25-18(11-30-21)14-6-7-16(23)17(24)10-14/h2-12H,1H3,(H,25,26,28)/b8-5+/t12-/m1/s1. The maximum atomic E-state index is 13.4. The topological polar surface area (TPSA) is 68.3 Å². The monoisotopic (exact) mass is 448 g/mol. The van der Waals surface area contributed by atoms with Crippen LogP contribution in [-0.2, 0) is 14.3 Å². The predicted molar refractivity (Wildman–Crippen MR) is 112 cm³/mol. The van der Waals surface area contributed by atoms with Gasteiger partial charge >= 0.3 is 5.97 Å². The number of halogens is 3. The van der Waals surface area contributed by atoms with Gasteiger partial charge in [0.05, 0.1) is 5.69 Å². The summed E-state index contributed by atoms with van der Waals surface area (Å²) in [6.07, 6.45) is 1.64. The molecule has 0 aliphatic rings. The van der Waals surface area contributed by atoms with Gasteiger partial charge in [-0.15, -0.1) is 11.3 Å². The fourth-order valence-electron chi connectivity index (χ4n) is 2.37. The zero-order valence-corrected chi connectivity index (χ0v) is 17.1. The fourth-order valence-corrected chi connectivity index (χ4v) is 3.29. The van der Waals surface area contributed by atoms with E-state index in [0.29, 0.717) is 21.8 Å². The third kappa shape index (κ3) is 5.71. The normalized spacial score (nSPS) is 12.0. The molecule has 0 spiro atoms. The van der Waals surface area contributed by atoms with Crippen LogP contribution in [0.1, 0.15) is 12.5 Å². The molecule has 3 rings (SSSR count). The van der Waals surface area contributed by atoms with Crippen LogP contribution in [0.4, 0.5) is 13.9 Å². The highest BCUT2D eigenvalue weighted by Crippen LogP contribution is 2.26. The molecule has 1 aromatic heterocycles. The molecule has 1 N–H and O–H groups in total. The van der Waals surface area contributed by atoms with Crippen LogP contribution >= 0.6 is 22.9 Å². The van der Waals surface area contributed by atoms with Gasteiger partial charge in [-0.2, -0.15) is 0 Å². The molecule has 1 heterocycles. The molecular formula is C21H15ClF2N2O3S. The number of carbonyl (C=O) groups is 2. The van der Waals surface area contributed by atoms with Gasteiger partial charge in [-0.25, -0.2) is 18.6 Å². The van der Waals surface area contributed by atoms with Gasteiger partial charge < -0.3 is 4.74 Å². The van der Waals surface area contributed by atoms with Gasteiger partial charge in [-0.1, -0.05) is 23.7 Å². The van der Waals surface area contributed by atoms with E-state index in [1.54, 1.807) is 29.6 Å². The summed E-state index contributed by atoms with van der Waals surface area (Å²) in [5.41, 5.74) is 1.46. The lowest BCUT2D eigenvalue weighted by molar-refractivity contribution is -0.148. The number of rotatable bonds is 6. The Morgan fingerprint density at radius 1 is 1.20 bits per heavy atom. The molecule has 3 aromatic rings. The van der Waals surface area contributed by atoms with Crippen molar-refractivity contribution in [2.75, 3.05) is 5.32 Å². The Morgan fingerprint density at radius 2 is 2.00 bits per heavy atom. The van der Waals surface area contributed by atoms with Crippen molar-refractivity contribution in [1.29, 1.82) is 0 Å². The second-order valence-electron chi connectivity index (χ2n) is 6.12. The number of thiazole rings is 1. The summed E-state index contributed by atoms with van der Waals surface area (Å²) in [5, 5.41) is 4.88. The molecule has 2 aromatic carbocycles. The third-order valence-corrected chi connectivity index (χ3v) is 4.87. The minimum absolute atomic E-state index is 0.233. The van der Waals surface area contributed by atoms with Crippen molar-refractivity contribution in [3.63, 3.8) is 0 Å². The summed E-state index contributed by atoms with van der Waals surface area (Å²) in [6.45, 7) is 1.42. The van der Waals surface area contributed by atoms with Crippen molar-refractivity contribution in [1.82, 2.24) is 4.98 Å². The lowest BCUT2D eigenvalue weighted by Crippen LogP contribution is -2.29. The number of hydrogen-bond acceptors (Lipinski definition) is 5. The number of ether oxygens (including phenoxy) is 1. The summed E-state index contributed by atoms with van der Waals surface area (Å²) in [7, 11) is 0. The van der Waals surface area contributed by atoms with Crippen molar-refractivity contribution in [3.8, 4) is 11.3 Å². The van der Waals surface area contributed by atoms with Crippen LogP contribution in [0.2, 0.25) is 5.02 Å². The van der Waals surface area contributed by atoms with E-state index < -0.39 is 29.6 Å². The fraction of sp³-hybridized carbons (Fsp3) is 0.0952. The van der Waals surface area contributed by atoms with Gasteiger partial charge in [0.1, 0.15) is 0 Å². The molecule has 0 saturated heterocycles. The second-order valence-corrected chi connectivity index (χ2v) is 7.42. The smallest absolute Gasteiger partial charge is 0.331 e. The van der Waals surface area contributed by atoms with Crippen LogP contribution in [0.15, 0.2) is 53.9 Å². The molecule has 0 unspecified atom stereocenters. The van der Waals surface area contributed by atoms with Crippen molar-refractivity contribution in [3.05, 3.63) is 76.1 Å². The van der Waals surface area contributed by atoms with E-state index in [1.807, 2.05) is 0 Å². The van der Waals surface area contributed by atoms with Crippen molar-refractivity contribution in [2.45, 2.75) is 13.0 Å². The molecular weight excluding hydrogens is 434 g/mol.